The summed E-state index contributed by atoms with van der Waals surface area (Å²) < 4.78 is 5.19. The van der Waals surface area contributed by atoms with Gasteiger partial charge in [-0.3, -0.25) is 9.59 Å². The van der Waals surface area contributed by atoms with Crippen LogP contribution >= 0.6 is 11.3 Å². The van der Waals surface area contributed by atoms with Crippen molar-refractivity contribution in [2.24, 2.45) is 0 Å². The molecule has 0 aromatic carbocycles. The second-order valence-electron chi connectivity index (χ2n) is 5.63. The maximum Gasteiger partial charge on any atom is 0.257 e. The second-order valence-corrected chi connectivity index (χ2v) is 6.69. The Morgan fingerprint density at radius 3 is 2.50 bits per heavy atom. The van der Waals surface area contributed by atoms with Gasteiger partial charge in [0.1, 0.15) is 5.76 Å². The summed E-state index contributed by atoms with van der Waals surface area (Å²) in [6, 6.07) is 1.69. The average molecular weight is 345 g/mol. The number of thiazole rings is 1. The molecule has 0 bridgehead atoms. The molecule has 7 heteroatoms. The average Bonchev–Trinajstić information content (AvgIpc) is 3.20. The van der Waals surface area contributed by atoms with E-state index in [1.165, 1.54) is 6.26 Å². The number of piperazine rings is 1. The van der Waals surface area contributed by atoms with E-state index in [1.54, 1.807) is 46.3 Å². The van der Waals surface area contributed by atoms with E-state index in [4.69, 9.17) is 4.42 Å². The fourth-order valence-corrected chi connectivity index (χ4v) is 3.21. The molecule has 0 radical (unpaired) electrons. The number of nitrogens with zero attached hydrogens (tertiary/aromatic N) is 3. The van der Waals surface area contributed by atoms with E-state index >= 15 is 0 Å². The Balaban J connectivity index is 1.55. The summed E-state index contributed by atoms with van der Waals surface area (Å²) in [5.74, 6) is 0.536. The lowest BCUT2D eigenvalue weighted by atomic mass is 10.2. The van der Waals surface area contributed by atoms with Crippen LogP contribution in [0.3, 0.4) is 0 Å². The molecule has 126 valence electrons. The highest BCUT2D eigenvalue weighted by Crippen LogP contribution is 2.14. The van der Waals surface area contributed by atoms with Gasteiger partial charge in [-0.05, 0) is 26.0 Å². The molecular formula is C17H19N3O3S. The van der Waals surface area contributed by atoms with Crippen LogP contribution in [-0.4, -0.2) is 52.8 Å². The van der Waals surface area contributed by atoms with E-state index in [0.717, 1.165) is 10.7 Å². The van der Waals surface area contributed by atoms with E-state index in [-0.39, 0.29) is 11.8 Å². The van der Waals surface area contributed by atoms with Crippen LogP contribution < -0.4 is 0 Å². The first-order chi connectivity index (χ1) is 11.5. The molecule has 0 unspecified atom stereocenters. The number of aryl methyl sites for hydroxylation is 2. The van der Waals surface area contributed by atoms with Crippen LogP contribution in [0.15, 0.2) is 28.2 Å². The summed E-state index contributed by atoms with van der Waals surface area (Å²) in [4.78, 5) is 32.5. The van der Waals surface area contributed by atoms with Gasteiger partial charge in [0, 0.05) is 37.6 Å². The predicted octanol–water partition coefficient (Wildman–Crippen LogP) is 2.35. The highest BCUT2D eigenvalue weighted by molar-refractivity contribution is 7.09. The number of hydrogen-bond donors (Lipinski definition) is 0. The van der Waals surface area contributed by atoms with Crippen LogP contribution in [0.1, 0.15) is 26.8 Å². The maximum absolute atomic E-state index is 12.4. The first kappa shape index (κ1) is 16.4. The van der Waals surface area contributed by atoms with Crippen LogP contribution in [0.5, 0.6) is 0 Å². The van der Waals surface area contributed by atoms with E-state index in [1.807, 2.05) is 12.3 Å². The van der Waals surface area contributed by atoms with E-state index < -0.39 is 0 Å². The van der Waals surface area contributed by atoms with Crippen molar-refractivity contribution in [3.63, 3.8) is 0 Å². The third-order valence-corrected chi connectivity index (χ3v) is 4.79. The van der Waals surface area contributed by atoms with Gasteiger partial charge < -0.3 is 14.2 Å². The topological polar surface area (TPSA) is 66.7 Å². The van der Waals surface area contributed by atoms with Crippen molar-refractivity contribution >= 4 is 29.2 Å². The molecule has 24 heavy (non-hydrogen) atoms. The normalized spacial score (nSPS) is 15.2. The van der Waals surface area contributed by atoms with Crippen LogP contribution in [-0.2, 0) is 4.79 Å². The Kier molecular flexibility index (Phi) is 4.80. The molecule has 1 aliphatic heterocycles. The minimum absolute atomic E-state index is 0.0400. The van der Waals surface area contributed by atoms with Crippen LogP contribution in [0.2, 0.25) is 0 Å². The fourth-order valence-electron chi connectivity index (χ4n) is 2.63. The molecule has 2 amide bonds. The van der Waals surface area contributed by atoms with E-state index in [0.29, 0.717) is 37.5 Å². The zero-order valence-electron chi connectivity index (χ0n) is 13.7. The van der Waals surface area contributed by atoms with Crippen LogP contribution in [0.25, 0.3) is 6.08 Å². The Labute approximate surface area is 144 Å². The van der Waals surface area contributed by atoms with E-state index in [2.05, 4.69) is 4.98 Å². The van der Waals surface area contributed by atoms with Crippen molar-refractivity contribution in [2.75, 3.05) is 26.2 Å². The van der Waals surface area contributed by atoms with Gasteiger partial charge >= 0.3 is 0 Å². The van der Waals surface area contributed by atoms with Gasteiger partial charge in [-0.2, -0.15) is 0 Å². The molecule has 6 nitrogen and oxygen atoms in total. The Bertz CT molecular complexity index is 770. The number of furan rings is 1. The van der Waals surface area contributed by atoms with Gasteiger partial charge in [0.05, 0.1) is 22.5 Å². The molecule has 2 aromatic heterocycles. The van der Waals surface area contributed by atoms with E-state index in [9.17, 15) is 9.59 Å². The first-order valence-corrected chi connectivity index (χ1v) is 8.65. The largest absolute Gasteiger partial charge is 0.469 e. The summed E-state index contributed by atoms with van der Waals surface area (Å²) in [7, 11) is 0. The molecule has 0 atom stereocenters. The van der Waals surface area contributed by atoms with Crippen molar-refractivity contribution in [2.45, 2.75) is 13.8 Å². The third-order valence-electron chi connectivity index (χ3n) is 4.00. The minimum Gasteiger partial charge on any atom is -0.469 e. The molecule has 0 aliphatic carbocycles. The molecule has 1 saturated heterocycles. The molecule has 1 aliphatic rings. The first-order valence-electron chi connectivity index (χ1n) is 7.77. The van der Waals surface area contributed by atoms with Crippen LogP contribution in [0, 0.1) is 13.8 Å². The quantitative estimate of drug-likeness (QED) is 0.801. The van der Waals surface area contributed by atoms with Crippen molar-refractivity contribution in [1.29, 1.82) is 0 Å². The zero-order valence-corrected chi connectivity index (χ0v) is 14.5. The lowest BCUT2D eigenvalue weighted by molar-refractivity contribution is -0.127. The van der Waals surface area contributed by atoms with Gasteiger partial charge in [-0.1, -0.05) is 0 Å². The summed E-state index contributed by atoms with van der Waals surface area (Å²) in [6.07, 6.45) is 4.80. The number of aromatic nitrogens is 1. The summed E-state index contributed by atoms with van der Waals surface area (Å²) >= 11 is 1.56. The molecule has 0 N–H and O–H groups in total. The third kappa shape index (κ3) is 3.56. The van der Waals surface area contributed by atoms with Crippen molar-refractivity contribution in [3.8, 4) is 0 Å². The number of carbonyl (C=O) groups excluding carboxylic acids is 2. The number of rotatable bonds is 3. The zero-order chi connectivity index (χ0) is 17.1. The fraction of sp³-hybridized carbons (Fsp3) is 0.353. The predicted molar refractivity (Wildman–Crippen MR) is 91.8 cm³/mol. The monoisotopic (exact) mass is 345 g/mol. The molecule has 0 spiro atoms. The lowest BCUT2D eigenvalue weighted by Gasteiger charge is -2.34. The minimum atomic E-state index is -0.0488. The summed E-state index contributed by atoms with van der Waals surface area (Å²) in [5, 5.41) is 2.90. The van der Waals surface area contributed by atoms with Gasteiger partial charge in [0.2, 0.25) is 5.91 Å². The lowest BCUT2D eigenvalue weighted by Crippen LogP contribution is -2.50. The highest BCUT2D eigenvalue weighted by atomic mass is 32.1. The Morgan fingerprint density at radius 1 is 1.21 bits per heavy atom. The molecule has 2 aromatic rings. The van der Waals surface area contributed by atoms with Gasteiger partial charge in [0.15, 0.2) is 0 Å². The standard InChI is InChI=1S/C17H19N3O3S/c1-12-15(5-10-23-12)17(22)20-8-6-19(7-9-20)16(21)4-3-14-11-24-13(2)18-14/h3-5,10-11H,6-9H2,1-2H3. The maximum atomic E-state index is 12.4. The molecule has 1 fully saturated rings. The van der Waals surface area contributed by atoms with Gasteiger partial charge in [-0.15, -0.1) is 11.3 Å². The number of amides is 2. The van der Waals surface area contributed by atoms with Crippen LogP contribution in [0.4, 0.5) is 0 Å². The van der Waals surface area contributed by atoms with Crippen molar-refractivity contribution in [3.05, 3.63) is 45.8 Å². The van der Waals surface area contributed by atoms with Crippen molar-refractivity contribution < 1.29 is 14.0 Å². The van der Waals surface area contributed by atoms with Gasteiger partial charge in [0.25, 0.3) is 5.91 Å². The molecule has 0 saturated carbocycles. The number of hydrogen-bond acceptors (Lipinski definition) is 5. The van der Waals surface area contributed by atoms with Gasteiger partial charge in [-0.25, -0.2) is 4.98 Å². The SMILES string of the molecule is Cc1nc(C=CC(=O)N2CCN(C(=O)c3ccoc3C)CC2)cs1. The summed E-state index contributed by atoms with van der Waals surface area (Å²) in [6.45, 7) is 5.82. The Hall–Kier alpha value is -2.41. The molecule has 3 rings (SSSR count). The summed E-state index contributed by atoms with van der Waals surface area (Å²) in [5.41, 5.74) is 1.39. The highest BCUT2D eigenvalue weighted by Gasteiger charge is 2.25. The molecular weight excluding hydrogens is 326 g/mol. The molecule has 3 heterocycles. The smallest absolute Gasteiger partial charge is 0.257 e. The Morgan fingerprint density at radius 2 is 1.92 bits per heavy atom. The van der Waals surface area contributed by atoms with Crippen molar-refractivity contribution in [1.82, 2.24) is 14.8 Å². The second kappa shape index (κ2) is 7.00. The number of carbonyl (C=O) groups is 2.